The van der Waals surface area contributed by atoms with E-state index in [-0.39, 0.29) is 0 Å². The van der Waals surface area contributed by atoms with Gasteiger partial charge < -0.3 is 0 Å². The van der Waals surface area contributed by atoms with Crippen LogP contribution in [0.4, 0.5) is 0 Å². The largest absolute Gasteiger partial charge is 0.172 e. The van der Waals surface area contributed by atoms with Gasteiger partial charge in [-0.25, -0.2) is 0 Å². The van der Waals surface area contributed by atoms with Crippen molar-refractivity contribution < 1.29 is 0 Å². The smallest absolute Gasteiger partial charge is 0.114 e. The number of rotatable bonds is 9. The highest BCUT2D eigenvalue weighted by Crippen LogP contribution is 2.44. The third-order valence-corrected chi connectivity index (χ3v) is 11.9. The van der Waals surface area contributed by atoms with Crippen molar-refractivity contribution in [3.8, 4) is 41.8 Å². The Hall–Kier alpha value is -2.82. The van der Waals surface area contributed by atoms with Crippen LogP contribution in [0.2, 0.25) is 0 Å². The summed E-state index contributed by atoms with van der Waals surface area (Å²) in [6, 6.07) is 20.0. The van der Waals surface area contributed by atoms with Crippen molar-refractivity contribution in [3.63, 3.8) is 0 Å². The summed E-state index contributed by atoms with van der Waals surface area (Å²) in [7, 11) is 0. The molecule has 5 aromatic heterocycles. The standard InChI is InChI=1S/C32H28N4S5/c1-4-5-6-7-8-20-17-28(38-19(20)3)24-13-12-23(31-32(24)36-41-35-31)27-16-15-26(39-27)22-11-10-21(25-14-9-18(2)37-25)29-30(22)34-40-33-29/h9-17H,4-8H2,1-3H3. The molecule has 0 saturated carbocycles. The minimum Gasteiger partial charge on any atom is -0.172 e. The zero-order chi connectivity index (χ0) is 27.9. The average Bonchev–Trinajstić information content (AvgIpc) is 3.81. The van der Waals surface area contributed by atoms with Crippen LogP contribution in [0.3, 0.4) is 0 Å². The van der Waals surface area contributed by atoms with Crippen molar-refractivity contribution in [2.24, 2.45) is 0 Å². The van der Waals surface area contributed by atoms with E-state index in [9.17, 15) is 0 Å². The third-order valence-electron chi connectivity index (χ3n) is 7.56. The van der Waals surface area contributed by atoms with Gasteiger partial charge in [-0.15, -0.1) is 34.0 Å². The van der Waals surface area contributed by atoms with Gasteiger partial charge in [0.1, 0.15) is 22.1 Å². The molecule has 0 fully saturated rings. The first-order valence-electron chi connectivity index (χ1n) is 13.9. The topological polar surface area (TPSA) is 51.6 Å². The van der Waals surface area contributed by atoms with E-state index in [1.807, 2.05) is 11.3 Å². The summed E-state index contributed by atoms with van der Waals surface area (Å²) in [5.41, 5.74) is 10.0. The fourth-order valence-electron chi connectivity index (χ4n) is 5.38. The molecule has 0 spiro atoms. The fraction of sp³-hybridized carbons (Fsp3) is 0.250. The van der Waals surface area contributed by atoms with Crippen LogP contribution in [0.25, 0.3) is 63.8 Å². The summed E-state index contributed by atoms with van der Waals surface area (Å²) in [5.74, 6) is 0. The molecule has 5 heterocycles. The van der Waals surface area contributed by atoms with Crippen LogP contribution in [0.5, 0.6) is 0 Å². The molecule has 206 valence electrons. The van der Waals surface area contributed by atoms with E-state index in [4.69, 9.17) is 13.1 Å². The lowest BCUT2D eigenvalue weighted by Gasteiger charge is -2.05. The Morgan fingerprint density at radius 2 is 1.05 bits per heavy atom. The number of hydrogen-bond acceptors (Lipinski definition) is 9. The molecular formula is C32H28N4S5. The van der Waals surface area contributed by atoms with Gasteiger partial charge in [0.05, 0.1) is 23.5 Å². The maximum Gasteiger partial charge on any atom is 0.114 e. The SMILES string of the molecule is CCCCCCc1cc(-c2ccc(-c3ccc(-c4ccc(-c5ccc(C)s5)c5nsnc45)s3)c3nsnc23)sc1C. The Labute approximate surface area is 260 Å². The van der Waals surface area contributed by atoms with Gasteiger partial charge in [0, 0.05) is 51.5 Å². The van der Waals surface area contributed by atoms with Gasteiger partial charge in [-0.1, -0.05) is 50.5 Å². The summed E-state index contributed by atoms with van der Waals surface area (Å²) in [6.45, 7) is 6.66. The van der Waals surface area contributed by atoms with E-state index in [2.05, 4.69) is 79.7 Å². The highest BCUT2D eigenvalue weighted by molar-refractivity contribution is 7.19. The Balaban J connectivity index is 1.22. The number of benzene rings is 2. The maximum absolute atomic E-state index is 4.77. The molecule has 0 unspecified atom stereocenters. The van der Waals surface area contributed by atoms with Gasteiger partial charge in [0.25, 0.3) is 0 Å². The van der Waals surface area contributed by atoms with E-state index in [0.29, 0.717) is 0 Å². The quantitative estimate of drug-likeness (QED) is 0.149. The number of unbranched alkanes of at least 4 members (excludes halogenated alkanes) is 3. The molecule has 0 atom stereocenters. The third kappa shape index (κ3) is 5.08. The second-order valence-corrected chi connectivity index (χ2v) is 15.0. The molecule has 0 radical (unpaired) electrons. The van der Waals surface area contributed by atoms with Crippen LogP contribution in [0, 0.1) is 13.8 Å². The predicted molar refractivity (Wildman–Crippen MR) is 181 cm³/mol. The maximum atomic E-state index is 4.77. The molecule has 2 aromatic carbocycles. The first-order chi connectivity index (χ1) is 20.1. The predicted octanol–water partition coefficient (Wildman–Crippen LogP) is 11.3. The second kappa shape index (κ2) is 11.5. The summed E-state index contributed by atoms with van der Waals surface area (Å²) >= 11 is 8.05. The number of aryl methyl sites for hydroxylation is 3. The van der Waals surface area contributed by atoms with Crippen LogP contribution in [0.1, 0.15) is 47.9 Å². The molecule has 0 aliphatic heterocycles. The van der Waals surface area contributed by atoms with Crippen molar-refractivity contribution >= 4 is 79.5 Å². The van der Waals surface area contributed by atoms with Gasteiger partial charge in [-0.2, -0.15) is 17.5 Å². The summed E-state index contributed by atoms with van der Waals surface area (Å²) in [6.07, 6.45) is 6.32. The van der Waals surface area contributed by atoms with Crippen LogP contribution in [0.15, 0.2) is 54.6 Å². The van der Waals surface area contributed by atoms with E-state index >= 15 is 0 Å². The highest BCUT2D eigenvalue weighted by atomic mass is 32.1. The van der Waals surface area contributed by atoms with E-state index in [1.54, 1.807) is 22.7 Å². The summed E-state index contributed by atoms with van der Waals surface area (Å²) < 4.78 is 18.9. The van der Waals surface area contributed by atoms with Crippen LogP contribution in [-0.2, 0) is 6.42 Å². The monoisotopic (exact) mass is 628 g/mol. The average molecular weight is 629 g/mol. The van der Waals surface area contributed by atoms with Gasteiger partial charge in [-0.05, 0) is 62.6 Å². The highest BCUT2D eigenvalue weighted by Gasteiger charge is 2.19. The first kappa shape index (κ1) is 27.0. The van der Waals surface area contributed by atoms with Crippen molar-refractivity contribution in [3.05, 3.63) is 69.9 Å². The first-order valence-corrected chi connectivity index (χ1v) is 17.8. The lowest BCUT2D eigenvalue weighted by atomic mass is 10.0. The summed E-state index contributed by atoms with van der Waals surface area (Å²) in [5, 5.41) is 0. The normalized spacial score (nSPS) is 11.8. The lowest BCUT2D eigenvalue weighted by molar-refractivity contribution is 0.666. The number of aromatic nitrogens is 4. The van der Waals surface area contributed by atoms with Crippen LogP contribution >= 0.6 is 57.5 Å². The molecule has 0 aliphatic rings. The molecule has 0 bridgehead atoms. The molecule has 7 rings (SSSR count). The molecule has 4 nitrogen and oxygen atoms in total. The molecule has 0 saturated heterocycles. The Morgan fingerprint density at radius 1 is 0.537 bits per heavy atom. The Kier molecular flexibility index (Phi) is 7.56. The fourth-order valence-corrected chi connectivity index (χ4v) is 9.58. The zero-order valence-electron chi connectivity index (χ0n) is 23.1. The van der Waals surface area contributed by atoms with E-state index in [0.717, 1.165) is 45.2 Å². The van der Waals surface area contributed by atoms with Crippen LogP contribution in [-0.4, -0.2) is 17.5 Å². The van der Waals surface area contributed by atoms with E-state index in [1.165, 1.54) is 89.5 Å². The van der Waals surface area contributed by atoms with Crippen molar-refractivity contribution in [1.82, 2.24) is 17.5 Å². The van der Waals surface area contributed by atoms with Crippen molar-refractivity contribution in [1.29, 1.82) is 0 Å². The molecule has 0 N–H and O–H groups in total. The molecule has 41 heavy (non-hydrogen) atoms. The van der Waals surface area contributed by atoms with E-state index < -0.39 is 0 Å². The Morgan fingerprint density at radius 3 is 1.56 bits per heavy atom. The van der Waals surface area contributed by atoms with Gasteiger partial charge in [0.15, 0.2) is 0 Å². The minimum atomic E-state index is 0.973. The summed E-state index contributed by atoms with van der Waals surface area (Å²) in [4.78, 5) is 7.63. The molecule has 0 aliphatic carbocycles. The minimum absolute atomic E-state index is 0.973. The molecule has 9 heteroatoms. The van der Waals surface area contributed by atoms with Crippen LogP contribution < -0.4 is 0 Å². The lowest BCUT2D eigenvalue weighted by Crippen LogP contribution is -1.85. The number of thiophene rings is 3. The van der Waals surface area contributed by atoms with Crippen molar-refractivity contribution in [2.75, 3.05) is 0 Å². The zero-order valence-corrected chi connectivity index (χ0v) is 27.1. The number of fused-ring (bicyclic) bond motifs is 2. The van der Waals surface area contributed by atoms with Crippen molar-refractivity contribution in [2.45, 2.75) is 52.9 Å². The number of hydrogen-bond donors (Lipinski definition) is 0. The molecule has 0 amide bonds. The van der Waals surface area contributed by atoms with Gasteiger partial charge in [-0.3, -0.25) is 0 Å². The molecule has 7 aromatic rings. The Bertz CT molecular complexity index is 1990. The second-order valence-electron chi connectivity index (χ2n) is 10.3. The van der Waals surface area contributed by atoms with Gasteiger partial charge in [0.2, 0.25) is 0 Å². The molecular weight excluding hydrogens is 601 g/mol. The number of nitrogens with zero attached hydrogens (tertiary/aromatic N) is 4. The van der Waals surface area contributed by atoms with Gasteiger partial charge >= 0.3 is 0 Å².